The molecule has 1 aromatic heterocycles. The fraction of sp³-hybridized carbons (Fsp3) is 0.200. The monoisotopic (exact) mass is 130 g/mol. The summed E-state index contributed by atoms with van der Waals surface area (Å²) < 4.78 is 0. The normalized spacial score (nSPS) is 9.29. The van der Waals surface area contributed by atoms with Crippen LogP contribution in [-0.2, 0) is 5.49 Å². The summed E-state index contributed by atoms with van der Waals surface area (Å²) in [5, 5.41) is 0. The van der Waals surface area contributed by atoms with Gasteiger partial charge in [-0.1, -0.05) is 12.1 Å². The van der Waals surface area contributed by atoms with Gasteiger partial charge in [-0.15, -0.1) is 7.53 Å². The quantitative estimate of drug-likeness (QED) is 0.555. The summed E-state index contributed by atoms with van der Waals surface area (Å²) >= 11 is 4.14. The maximum Gasteiger partial charge on any atom is 0.0289 e. The minimum absolute atomic E-state index is 0.0602. The zero-order chi connectivity index (χ0) is 5.11. The van der Waals surface area contributed by atoms with Crippen molar-refractivity contribution in [3.63, 3.8) is 0 Å². The standard InChI is InChI=1S/C5H7PS/c7-5-6-3-1-2-4-6/h1-4,7H,5H2. The number of rotatable bonds is 1. The lowest BCUT2D eigenvalue weighted by atomic mass is 10.7. The van der Waals surface area contributed by atoms with Crippen LogP contribution in [0.4, 0.5) is 0 Å². The summed E-state index contributed by atoms with van der Waals surface area (Å²) in [6.07, 6.45) is 0. The molecule has 0 amide bonds. The molecule has 0 N–H and O–H groups in total. The molecule has 0 aliphatic heterocycles. The minimum atomic E-state index is 0.0602. The molecule has 7 heavy (non-hydrogen) atoms. The molecule has 0 radical (unpaired) electrons. The van der Waals surface area contributed by atoms with Crippen LogP contribution in [0.25, 0.3) is 0 Å². The molecule has 0 bridgehead atoms. The van der Waals surface area contributed by atoms with E-state index in [0.29, 0.717) is 0 Å². The number of hydrogen-bond acceptors (Lipinski definition) is 1. The second-order valence-corrected chi connectivity index (χ2v) is 4.09. The molecule has 0 nitrogen and oxygen atoms in total. The Hall–Kier alpha value is 0.130. The van der Waals surface area contributed by atoms with Gasteiger partial charge in [0.1, 0.15) is 0 Å². The van der Waals surface area contributed by atoms with Crippen LogP contribution >= 0.6 is 20.2 Å². The Morgan fingerprint density at radius 3 is 2.14 bits per heavy atom. The topological polar surface area (TPSA) is 0 Å². The molecular formula is C5H7PS. The van der Waals surface area contributed by atoms with Gasteiger partial charge >= 0.3 is 0 Å². The summed E-state index contributed by atoms with van der Waals surface area (Å²) in [6, 6.07) is 4.17. The highest BCUT2D eigenvalue weighted by Crippen LogP contribution is 2.28. The van der Waals surface area contributed by atoms with Crippen LogP contribution in [0.15, 0.2) is 23.7 Å². The van der Waals surface area contributed by atoms with E-state index in [4.69, 9.17) is 0 Å². The molecule has 0 saturated heterocycles. The molecule has 38 valence electrons. The van der Waals surface area contributed by atoms with E-state index in [1.807, 2.05) is 0 Å². The van der Waals surface area contributed by atoms with Gasteiger partial charge in [-0.2, -0.15) is 12.6 Å². The summed E-state index contributed by atoms with van der Waals surface area (Å²) in [6.45, 7) is 0. The molecule has 0 atom stereocenters. The Morgan fingerprint density at radius 2 is 1.86 bits per heavy atom. The van der Waals surface area contributed by atoms with Crippen molar-refractivity contribution in [1.29, 1.82) is 0 Å². The zero-order valence-electron chi connectivity index (χ0n) is 3.91. The van der Waals surface area contributed by atoms with Crippen LogP contribution < -0.4 is 0 Å². The van der Waals surface area contributed by atoms with E-state index in [1.54, 1.807) is 0 Å². The molecule has 0 aliphatic rings. The number of thiol groups is 1. The summed E-state index contributed by atoms with van der Waals surface area (Å²) in [7, 11) is 0.0602. The molecule has 0 aliphatic carbocycles. The van der Waals surface area contributed by atoms with Crippen molar-refractivity contribution in [2.24, 2.45) is 0 Å². The van der Waals surface area contributed by atoms with Crippen molar-refractivity contribution in [2.45, 2.75) is 5.49 Å². The molecule has 1 rings (SSSR count). The second kappa shape index (κ2) is 2.44. The van der Waals surface area contributed by atoms with Gasteiger partial charge in [0.25, 0.3) is 0 Å². The Morgan fingerprint density at radius 1 is 1.29 bits per heavy atom. The molecule has 0 aromatic carbocycles. The van der Waals surface area contributed by atoms with Crippen molar-refractivity contribution >= 4 is 20.2 Å². The highest BCUT2D eigenvalue weighted by atomic mass is 32.1. The fourth-order valence-electron chi connectivity index (χ4n) is 0.464. The van der Waals surface area contributed by atoms with Crippen LogP contribution in [0.3, 0.4) is 0 Å². The van der Waals surface area contributed by atoms with E-state index in [-0.39, 0.29) is 7.53 Å². The smallest absolute Gasteiger partial charge is 0.0289 e. The number of hydrogen-bond donors (Lipinski definition) is 1. The van der Waals surface area contributed by atoms with Crippen molar-refractivity contribution in [3.8, 4) is 0 Å². The first-order valence-electron chi connectivity index (χ1n) is 2.15. The average Bonchev–Trinajstić information content (AvgIpc) is 2.14. The third kappa shape index (κ3) is 1.25. The van der Waals surface area contributed by atoms with Crippen molar-refractivity contribution in [3.05, 3.63) is 23.7 Å². The molecule has 0 spiro atoms. The van der Waals surface area contributed by atoms with Crippen LogP contribution in [0.5, 0.6) is 0 Å². The van der Waals surface area contributed by atoms with Crippen molar-refractivity contribution in [2.75, 3.05) is 0 Å². The van der Waals surface area contributed by atoms with Crippen molar-refractivity contribution in [1.82, 2.24) is 0 Å². The predicted molar refractivity (Wildman–Crippen MR) is 38.1 cm³/mol. The molecule has 0 saturated carbocycles. The van der Waals surface area contributed by atoms with Gasteiger partial charge in [0, 0.05) is 5.49 Å². The Bertz CT molecular complexity index is 123. The summed E-state index contributed by atoms with van der Waals surface area (Å²) in [5.74, 6) is 4.42. The molecule has 1 aromatic rings. The Labute approximate surface area is 50.0 Å². The highest BCUT2D eigenvalue weighted by Gasteiger charge is 1.80. The molecule has 0 unspecified atom stereocenters. The van der Waals surface area contributed by atoms with Gasteiger partial charge in [0.2, 0.25) is 0 Å². The minimum Gasteiger partial charge on any atom is -0.171 e. The van der Waals surface area contributed by atoms with E-state index >= 15 is 0 Å². The first-order chi connectivity index (χ1) is 3.43. The van der Waals surface area contributed by atoms with E-state index in [9.17, 15) is 0 Å². The maximum absolute atomic E-state index is 4.14. The first-order valence-corrected chi connectivity index (χ1v) is 4.45. The van der Waals surface area contributed by atoms with E-state index in [2.05, 4.69) is 36.4 Å². The lowest BCUT2D eigenvalue weighted by Crippen LogP contribution is -1.38. The Balaban J connectivity index is 2.76. The van der Waals surface area contributed by atoms with Gasteiger partial charge in [-0.3, -0.25) is 0 Å². The van der Waals surface area contributed by atoms with Gasteiger partial charge in [0.15, 0.2) is 0 Å². The van der Waals surface area contributed by atoms with Gasteiger partial charge in [-0.05, 0) is 11.6 Å². The second-order valence-electron chi connectivity index (χ2n) is 1.34. The predicted octanol–water partition coefficient (Wildman–Crippen LogP) is 2.56. The van der Waals surface area contributed by atoms with Crippen LogP contribution in [0.2, 0.25) is 0 Å². The lowest BCUT2D eigenvalue weighted by Gasteiger charge is -1.81. The van der Waals surface area contributed by atoms with Crippen LogP contribution in [0.1, 0.15) is 0 Å². The third-order valence-electron chi connectivity index (χ3n) is 0.829. The summed E-state index contributed by atoms with van der Waals surface area (Å²) in [4.78, 5) is 0. The highest BCUT2D eigenvalue weighted by molar-refractivity contribution is 7.86. The van der Waals surface area contributed by atoms with E-state index < -0.39 is 0 Å². The average molecular weight is 130 g/mol. The largest absolute Gasteiger partial charge is 0.171 e. The third-order valence-corrected chi connectivity index (χ3v) is 3.25. The molecule has 1 heterocycles. The van der Waals surface area contributed by atoms with Gasteiger partial charge in [-0.25, -0.2) is 0 Å². The van der Waals surface area contributed by atoms with Gasteiger partial charge < -0.3 is 0 Å². The fourth-order valence-corrected chi connectivity index (χ4v) is 1.96. The zero-order valence-corrected chi connectivity index (χ0v) is 5.70. The van der Waals surface area contributed by atoms with Gasteiger partial charge in [0.05, 0.1) is 0 Å². The molecular weight excluding hydrogens is 123 g/mol. The first kappa shape index (κ1) is 5.27. The van der Waals surface area contributed by atoms with Crippen LogP contribution in [0, 0.1) is 0 Å². The lowest BCUT2D eigenvalue weighted by molar-refractivity contribution is 2.03. The SMILES string of the molecule is SCp1cccc1. The molecule has 0 fully saturated rings. The van der Waals surface area contributed by atoms with Crippen molar-refractivity contribution < 1.29 is 0 Å². The van der Waals surface area contributed by atoms with Crippen LogP contribution in [-0.4, -0.2) is 0 Å². The van der Waals surface area contributed by atoms with E-state index in [0.717, 1.165) is 5.49 Å². The maximum atomic E-state index is 4.14. The summed E-state index contributed by atoms with van der Waals surface area (Å²) in [5.41, 5.74) is 1.00. The Kier molecular flexibility index (Phi) is 1.84. The van der Waals surface area contributed by atoms with E-state index in [1.165, 1.54) is 0 Å². The molecule has 2 heteroatoms.